The average Bonchev–Trinajstić information content (AvgIpc) is 2.54. The lowest BCUT2D eigenvalue weighted by Crippen LogP contribution is -2.17. The summed E-state index contributed by atoms with van der Waals surface area (Å²) in [5.41, 5.74) is 2.66. The van der Waals surface area contributed by atoms with E-state index >= 15 is 0 Å². The van der Waals surface area contributed by atoms with Crippen LogP contribution in [0, 0.1) is 11.3 Å². The van der Waals surface area contributed by atoms with E-state index in [1.807, 2.05) is 42.5 Å². The van der Waals surface area contributed by atoms with Crippen molar-refractivity contribution in [3.63, 3.8) is 0 Å². The Kier molecular flexibility index (Phi) is 5.30. The predicted molar refractivity (Wildman–Crippen MR) is 80.7 cm³/mol. The normalized spacial score (nSPS) is 11.8. The zero-order valence-corrected chi connectivity index (χ0v) is 11.7. The van der Waals surface area contributed by atoms with Crippen LogP contribution >= 0.6 is 0 Å². The van der Waals surface area contributed by atoms with Gasteiger partial charge in [-0.25, -0.2) is 5.48 Å². The molecule has 0 saturated carbocycles. The molecule has 0 aliphatic carbocycles. The van der Waals surface area contributed by atoms with E-state index in [2.05, 4.69) is 6.07 Å². The Morgan fingerprint density at radius 1 is 1.19 bits per heavy atom. The maximum atomic E-state index is 10.9. The molecule has 2 aromatic rings. The molecular weight excluding hydrogens is 264 g/mol. The van der Waals surface area contributed by atoms with Crippen molar-refractivity contribution in [2.75, 3.05) is 0 Å². The first-order chi connectivity index (χ1) is 10.3. The molecule has 1 unspecified atom stereocenters. The number of hydrogen-bond acceptors (Lipinski definition) is 3. The standard InChI is InChI=1S/C17H18N2O2/c18-12-14(7-2-4-11-17(20)19-21)16-10-5-8-13-6-1-3-9-15(13)16/h1,3,5-6,8-10,14,21H,2,4,7,11H2,(H,19,20). The van der Waals surface area contributed by atoms with Crippen LogP contribution in [0.3, 0.4) is 0 Å². The van der Waals surface area contributed by atoms with Gasteiger partial charge in [0.15, 0.2) is 0 Å². The largest absolute Gasteiger partial charge is 0.289 e. The SMILES string of the molecule is N#CC(CCCCC(=O)NO)c1cccc2ccccc12. The first-order valence-corrected chi connectivity index (χ1v) is 7.06. The van der Waals surface area contributed by atoms with Crippen molar-refractivity contribution in [2.45, 2.75) is 31.6 Å². The van der Waals surface area contributed by atoms with Gasteiger partial charge in [0, 0.05) is 6.42 Å². The second kappa shape index (κ2) is 7.41. The summed E-state index contributed by atoms with van der Waals surface area (Å²) in [5.74, 6) is -0.554. The van der Waals surface area contributed by atoms with Gasteiger partial charge in [0.25, 0.3) is 0 Å². The third-order valence-corrected chi connectivity index (χ3v) is 3.63. The summed E-state index contributed by atoms with van der Waals surface area (Å²) in [6, 6.07) is 16.4. The molecule has 1 atom stereocenters. The van der Waals surface area contributed by atoms with E-state index in [-0.39, 0.29) is 18.2 Å². The second-order valence-electron chi connectivity index (χ2n) is 5.03. The number of nitriles is 1. The average molecular weight is 282 g/mol. The Morgan fingerprint density at radius 2 is 1.95 bits per heavy atom. The molecule has 4 nitrogen and oxygen atoms in total. The molecule has 2 N–H and O–H groups in total. The van der Waals surface area contributed by atoms with Gasteiger partial charge in [0.05, 0.1) is 12.0 Å². The number of unbranched alkanes of at least 4 members (excludes halogenated alkanes) is 1. The summed E-state index contributed by atoms with van der Waals surface area (Å²) in [5, 5.41) is 20.1. The van der Waals surface area contributed by atoms with Gasteiger partial charge in [0.2, 0.25) is 5.91 Å². The Hall–Kier alpha value is -2.38. The Bertz CT molecular complexity index is 656. The Morgan fingerprint density at radius 3 is 2.71 bits per heavy atom. The number of nitrogens with one attached hydrogen (secondary N) is 1. The highest BCUT2D eigenvalue weighted by Crippen LogP contribution is 2.28. The Balaban J connectivity index is 2.06. The number of fused-ring (bicyclic) bond motifs is 1. The van der Waals surface area contributed by atoms with Gasteiger partial charge in [-0.3, -0.25) is 10.0 Å². The van der Waals surface area contributed by atoms with Gasteiger partial charge in [-0.2, -0.15) is 5.26 Å². The molecule has 0 saturated heterocycles. The van der Waals surface area contributed by atoms with E-state index in [0.717, 1.165) is 22.8 Å². The summed E-state index contributed by atoms with van der Waals surface area (Å²) in [4.78, 5) is 10.9. The number of benzene rings is 2. The lowest BCUT2D eigenvalue weighted by molar-refractivity contribution is -0.129. The number of rotatable bonds is 6. The quantitative estimate of drug-likeness (QED) is 0.483. The zero-order chi connectivity index (χ0) is 15.1. The number of nitrogens with zero attached hydrogens (tertiary/aromatic N) is 1. The molecule has 0 aliphatic heterocycles. The van der Waals surface area contributed by atoms with E-state index < -0.39 is 0 Å². The van der Waals surface area contributed by atoms with Gasteiger partial charge >= 0.3 is 0 Å². The lowest BCUT2D eigenvalue weighted by atomic mass is 9.90. The highest BCUT2D eigenvalue weighted by Gasteiger charge is 2.13. The van der Waals surface area contributed by atoms with Gasteiger partial charge in [-0.15, -0.1) is 0 Å². The van der Waals surface area contributed by atoms with Crippen molar-refractivity contribution in [1.29, 1.82) is 5.26 Å². The summed E-state index contributed by atoms with van der Waals surface area (Å²) in [7, 11) is 0. The first kappa shape index (κ1) is 15.0. The number of hydroxylamine groups is 1. The number of carbonyl (C=O) groups is 1. The van der Waals surface area contributed by atoms with E-state index in [9.17, 15) is 10.1 Å². The van der Waals surface area contributed by atoms with E-state index in [0.29, 0.717) is 12.8 Å². The highest BCUT2D eigenvalue weighted by molar-refractivity contribution is 5.86. The van der Waals surface area contributed by atoms with Crippen molar-refractivity contribution in [1.82, 2.24) is 5.48 Å². The fraction of sp³-hybridized carbons (Fsp3) is 0.294. The molecule has 2 aromatic carbocycles. The third-order valence-electron chi connectivity index (χ3n) is 3.63. The topological polar surface area (TPSA) is 73.1 Å². The Labute approximate surface area is 124 Å². The molecule has 2 rings (SSSR count). The molecule has 0 spiro atoms. The molecular formula is C17H18N2O2. The molecule has 1 amide bonds. The molecule has 0 fully saturated rings. The summed E-state index contributed by atoms with van der Waals surface area (Å²) in [6.07, 6.45) is 2.43. The molecule has 0 bridgehead atoms. The lowest BCUT2D eigenvalue weighted by Gasteiger charge is -2.12. The fourth-order valence-corrected chi connectivity index (χ4v) is 2.53. The summed E-state index contributed by atoms with van der Waals surface area (Å²) < 4.78 is 0. The predicted octanol–water partition coefficient (Wildman–Crippen LogP) is 3.51. The minimum Gasteiger partial charge on any atom is -0.289 e. The summed E-state index contributed by atoms with van der Waals surface area (Å²) in [6.45, 7) is 0. The van der Waals surface area contributed by atoms with Gasteiger partial charge < -0.3 is 0 Å². The molecule has 0 aliphatic rings. The molecule has 4 heteroatoms. The fourth-order valence-electron chi connectivity index (χ4n) is 2.53. The minimum absolute atomic E-state index is 0.173. The van der Waals surface area contributed by atoms with Gasteiger partial charge in [0.1, 0.15) is 0 Å². The number of carbonyl (C=O) groups excluding carboxylic acids is 1. The van der Waals surface area contributed by atoms with Crippen LogP contribution in [0.5, 0.6) is 0 Å². The van der Waals surface area contributed by atoms with Crippen molar-refractivity contribution in [3.8, 4) is 6.07 Å². The van der Waals surface area contributed by atoms with Crippen LogP contribution in [-0.4, -0.2) is 11.1 Å². The molecule has 0 radical (unpaired) electrons. The third kappa shape index (κ3) is 3.80. The molecule has 108 valence electrons. The van der Waals surface area contributed by atoms with Crippen LogP contribution in [0.2, 0.25) is 0 Å². The van der Waals surface area contributed by atoms with Crippen molar-refractivity contribution < 1.29 is 10.0 Å². The monoisotopic (exact) mass is 282 g/mol. The van der Waals surface area contributed by atoms with Crippen molar-refractivity contribution in [2.24, 2.45) is 0 Å². The van der Waals surface area contributed by atoms with Crippen LogP contribution in [0.15, 0.2) is 42.5 Å². The van der Waals surface area contributed by atoms with Gasteiger partial charge in [-0.05, 0) is 29.2 Å². The molecule has 0 aromatic heterocycles. The number of amides is 1. The van der Waals surface area contributed by atoms with Crippen LogP contribution < -0.4 is 5.48 Å². The van der Waals surface area contributed by atoms with Crippen molar-refractivity contribution >= 4 is 16.7 Å². The zero-order valence-electron chi connectivity index (χ0n) is 11.7. The smallest absolute Gasteiger partial charge is 0.243 e. The first-order valence-electron chi connectivity index (χ1n) is 7.06. The molecule has 21 heavy (non-hydrogen) atoms. The summed E-state index contributed by atoms with van der Waals surface area (Å²) >= 11 is 0. The minimum atomic E-state index is -0.381. The highest BCUT2D eigenvalue weighted by atomic mass is 16.5. The van der Waals surface area contributed by atoms with Crippen LogP contribution in [0.25, 0.3) is 10.8 Å². The maximum absolute atomic E-state index is 10.9. The van der Waals surface area contributed by atoms with Crippen LogP contribution in [-0.2, 0) is 4.79 Å². The van der Waals surface area contributed by atoms with Crippen LogP contribution in [0.4, 0.5) is 0 Å². The van der Waals surface area contributed by atoms with E-state index in [1.165, 1.54) is 0 Å². The van der Waals surface area contributed by atoms with E-state index in [4.69, 9.17) is 5.21 Å². The van der Waals surface area contributed by atoms with Crippen molar-refractivity contribution in [3.05, 3.63) is 48.0 Å². The van der Waals surface area contributed by atoms with Crippen LogP contribution in [0.1, 0.15) is 37.2 Å². The maximum Gasteiger partial charge on any atom is 0.243 e. The second-order valence-corrected chi connectivity index (χ2v) is 5.03. The number of hydrogen-bond donors (Lipinski definition) is 2. The molecule has 0 heterocycles. The van der Waals surface area contributed by atoms with Gasteiger partial charge in [-0.1, -0.05) is 48.9 Å². The van der Waals surface area contributed by atoms with E-state index in [1.54, 1.807) is 5.48 Å².